The Labute approximate surface area is 197 Å². The van der Waals surface area contributed by atoms with E-state index in [1.165, 1.54) is 6.92 Å². The number of fused-ring (bicyclic) bond motifs is 2. The lowest BCUT2D eigenvalue weighted by atomic mass is 9.68. The molecule has 6 atom stereocenters. The van der Waals surface area contributed by atoms with Gasteiger partial charge in [0, 0.05) is 0 Å². The molecule has 36 heavy (non-hydrogen) atoms. The minimum atomic E-state index is -6.38. The third-order valence-corrected chi connectivity index (χ3v) is 7.51. The second-order valence-corrected chi connectivity index (χ2v) is 9.63. The van der Waals surface area contributed by atoms with Crippen LogP contribution in [-0.4, -0.2) is 58.2 Å². The molecule has 0 heterocycles. The highest BCUT2D eigenvalue weighted by Gasteiger charge is 2.75. The minimum absolute atomic E-state index is 0.234. The first kappa shape index (κ1) is 30.8. The maximum atomic E-state index is 13.3. The molecule has 0 aromatic carbocycles. The highest BCUT2D eigenvalue weighted by Crippen LogP contribution is 2.62. The van der Waals surface area contributed by atoms with Crippen molar-refractivity contribution in [3.8, 4) is 0 Å². The molecule has 0 aliphatic heterocycles. The second-order valence-electron chi connectivity index (χ2n) is 9.63. The number of alkyl halides is 12. The van der Waals surface area contributed by atoms with Crippen LogP contribution in [0.2, 0.25) is 0 Å². The normalized spacial score (nSPS) is 28.9. The zero-order valence-electron chi connectivity index (χ0n) is 18.7. The van der Waals surface area contributed by atoms with E-state index in [-0.39, 0.29) is 6.42 Å². The average Bonchev–Trinajstić information content (AvgIpc) is 3.22. The summed E-state index contributed by atoms with van der Waals surface area (Å²) >= 11 is 0. The number of rotatable bonds is 7. The highest BCUT2D eigenvalue weighted by atomic mass is 19.4. The first-order chi connectivity index (χ1) is 15.9. The zero-order valence-corrected chi connectivity index (χ0v) is 18.7. The van der Waals surface area contributed by atoms with Crippen LogP contribution in [0.3, 0.4) is 0 Å². The third kappa shape index (κ3) is 5.25. The lowest BCUT2D eigenvalue weighted by Gasteiger charge is -2.44. The van der Waals surface area contributed by atoms with Crippen molar-refractivity contribution in [1.82, 2.24) is 0 Å². The van der Waals surface area contributed by atoms with Gasteiger partial charge in [0.05, 0.1) is 5.92 Å². The Morgan fingerprint density at radius 1 is 0.778 bits per heavy atom. The summed E-state index contributed by atoms with van der Waals surface area (Å²) in [7, 11) is 0. The van der Waals surface area contributed by atoms with Crippen LogP contribution < -0.4 is 0 Å². The number of aliphatic hydroxyl groups is 2. The van der Waals surface area contributed by atoms with E-state index in [1.807, 2.05) is 0 Å². The Morgan fingerprint density at radius 3 is 1.53 bits per heavy atom. The van der Waals surface area contributed by atoms with Crippen molar-refractivity contribution in [3.05, 3.63) is 0 Å². The minimum Gasteiger partial charge on any atom is -0.462 e. The van der Waals surface area contributed by atoms with Gasteiger partial charge in [0.15, 0.2) is 0 Å². The van der Waals surface area contributed by atoms with E-state index in [4.69, 9.17) is 4.74 Å². The fourth-order valence-corrected chi connectivity index (χ4v) is 5.19. The van der Waals surface area contributed by atoms with Gasteiger partial charge in [0.25, 0.3) is 11.2 Å². The number of hydrogen-bond acceptors (Lipinski definition) is 4. The van der Waals surface area contributed by atoms with Crippen molar-refractivity contribution in [3.63, 3.8) is 0 Å². The van der Waals surface area contributed by atoms with Crippen LogP contribution >= 0.6 is 0 Å². The topological polar surface area (TPSA) is 66.8 Å². The maximum absolute atomic E-state index is 13.3. The van der Waals surface area contributed by atoms with E-state index in [0.717, 1.165) is 0 Å². The summed E-state index contributed by atoms with van der Waals surface area (Å²) in [6.45, 7) is 2.96. The van der Waals surface area contributed by atoms with E-state index >= 15 is 0 Å². The van der Waals surface area contributed by atoms with Crippen LogP contribution in [0.4, 0.5) is 52.7 Å². The van der Waals surface area contributed by atoms with Crippen molar-refractivity contribution in [1.29, 1.82) is 0 Å². The molecule has 0 aromatic heterocycles. The van der Waals surface area contributed by atoms with Gasteiger partial charge in [-0.15, -0.1) is 0 Å². The predicted molar refractivity (Wildman–Crippen MR) is 95.9 cm³/mol. The van der Waals surface area contributed by atoms with E-state index < -0.39 is 103 Å². The highest BCUT2D eigenvalue weighted by molar-refractivity contribution is 5.72. The lowest BCUT2D eigenvalue weighted by molar-refractivity contribution is -0.381. The Hall–Kier alpha value is -1.45. The SMILES string of the molecule is CCC(C)C(=O)OC1CC2CC1C(CC(O)(C(F)(F)F)C(F)(F)F)C2CC(O)(C(F)(F)F)C(F)(F)F. The van der Waals surface area contributed by atoms with Crippen molar-refractivity contribution in [2.45, 2.75) is 88.0 Å². The zero-order chi connectivity index (χ0) is 28.3. The first-order valence-corrected chi connectivity index (χ1v) is 10.8. The molecule has 2 fully saturated rings. The van der Waals surface area contributed by atoms with Crippen molar-refractivity contribution in [2.24, 2.45) is 29.6 Å². The quantitative estimate of drug-likeness (QED) is 0.312. The summed E-state index contributed by atoms with van der Waals surface area (Å²) in [5, 5.41) is 19.2. The number of carbonyl (C=O) groups excluding carboxylic acids is 1. The van der Waals surface area contributed by atoms with Crippen LogP contribution in [0.1, 0.15) is 46.0 Å². The Kier molecular flexibility index (Phi) is 8.02. The van der Waals surface area contributed by atoms with E-state index in [0.29, 0.717) is 0 Å². The summed E-state index contributed by atoms with van der Waals surface area (Å²) < 4.78 is 165. The second kappa shape index (κ2) is 9.38. The molecule has 212 valence electrons. The van der Waals surface area contributed by atoms with Crippen LogP contribution in [0.15, 0.2) is 0 Å². The van der Waals surface area contributed by atoms with Crippen LogP contribution in [-0.2, 0) is 9.53 Å². The van der Waals surface area contributed by atoms with Gasteiger partial charge in [-0.3, -0.25) is 4.79 Å². The van der Waals surface area contributed by atoms with Gasteiger partial charge in [-0.2, -0.15) is 52.7 Å². The van der Waals surface area contributed by atoms with Gasteiger partial charge in [-0.05, 0) is 55.8 Å². The smallest absolute Gasteiger partial charge is 0.426 e. The number of carbonyl (C=O) groups is 1. The Balaban J connectivity index is 2.53. The summed E-state index contributed by atoms with van der Waals surface area (Å²) in [5.41, 5.74) is -10.9. The predicted octanol–water partition coefficient (Wildman–Crippen LogP) is 5.71. The molecule has 0 spiro atoms. The molecule has 2 aliphatic rings. The standard InChI is InChI=1S/C20H24F12O4/c1-3-8(2)14(33)36-13-5-9-4-10(13)12(7-16(35,19(27,28)29)20(30,31)32)11(9)6-15(34,17(21,22)23)18(24,25)26/h8-13,34-35H,3-7H2,1-2H3. The summed E-state index contributed by atoms with van der Waals surface area (Å²) in [6, 6.07) is 0. The third-order valence-electron chi connectivity index (χ3n) is 7.51. The van der Waals surface area contributed by atoms with Crippen molar-refractivity contribution in [2.75, 3.05) is 0 Å². The van der Waals surface area contributed by atoms with Crippen LogP contribution in [0, 0.1) is 29.6 Å². The molecule has 16 heteroatoms. The van der Waals surface area contributed by atoms with Crippen LogP contribution in [0.5, 0.6) is 0 Å². The van der Waals surface area contributed by atoms with E-state index in [9.17, 15) is 67.7 Å². The number of ether oxygens (including phenoxy) is 1. The van der Waals surface area contributed by atoms with Crippen molar-refractivity contribution < 1.29 is 72.4 Å². The molecule has 6 unspecified atom stereocenters. The molecule has 0 radical (unpaired) electrons. The van der Waals surface area contributed by atoms with Gasteiger partial charge in [-0.1, -0.05) is 13.8 Å². The number of hydrogen-bond donors (Lipinski definition) is 2. The van der Waals surface area contributed by atoms with Gasteiger partial charge in [0.2, 0.25) is 0 Å². The molecule has 2 N–H and O–H groups in total. The number of halogens is 12. The number of esters is 1. The summed E-state index contributed by atoms with van der Waals surface area (Å²) in [5.74, 6) is -8.89. The fourth-order valence-electron chi connectivity index (χ4n) is 5.19. The molecular formula is C20H24F12O4. The average molecular weight is 556 g/mol. The Bertz CT molecular complexity index is 772. The van der Waals surface area contributed by atoms with E-state index in [1.54, 1.807) is 6.92 Å². The maximum Gasteiger partial charge on any atom is 0.426 e. The molecule has 0 saturated heterocycles. The molecule has 2 rings (SSSR count). The molecule has 2 bridgehead atoms. The lowest BCUT2D eigenvalue weighted by Crippen LogP contribution is -2.61. The summed E-state index contributed by atoms with van der Waals surface area (Å²) in [4.78, 5) is 12.1. The summed E-state index contributed by atoms with van der Waals surface area (Å²) in [6.07, 6.45) is -32.1. The van der Waals surface area contributed by atoms with Gasteiger partial charge in [0.1, 0.15) is 6.10 Å². The molecule has 0 aromatic rings. The van der Waals surface area contributed by atoms with Crippen molar-refractivity contribution >= 4 is 5.97 Å². The first-order valence-electron chi connectivity index (χ1n) is 10.8. The largest absolute Gasteiger partial charge is 0.462 e. The van der Waals surface area contributed by atoms with E-state index in [2.05, 4.69) is 0 Å². The molecule has 0 amide bonds. The molecule has 4 nitrogen and oxygen atoms in total. The fraction of sp³-hybridized carbons (Fsp3) is 0.950. The van der Waals surface area contributed by atoms with Gasteiger partial charge < -0.3 is 14.9 Å². The van der Waals surface area contributed by atoms with Gasteiger partial charge in [-0.25, -0.2) is 0 Å². The van der Waals surface area contributed by atoms with Gasteiger partial charge >= 0.3 is 30.7 Å². The molecule has 2 aliphatic carbocycles. The monoisotopic (exact) mass is 556 g/mol. The molecular weight excluding hydrogens is 532 g/mol. The van der Waals surface area contributed by atoms with Crippen LogP contribution in [0.25, 0.3) is 0 Å². The Morgan fingerprint density at radius 2 is 1.17 bits per heavy atom. The molecule has 2 saturated carbocycles.